The number of nitrogens with zero attached hydrogens (tertiary/aromatic N) is 1. The molecule has 0 radical (unpaired) electrons. The van der Waals surface area contributed by atoms with Gasteiger partial charge in [0.15, 0.2) is 0 Å². The molecule has 1 heterocycles. The average molecular weight is 251 g/mol. The Morgan fingerprint density at radius 3 is 2.84 bits per heavy atom. The van der Waals surface area contributed by atoms with Gasteiger partial charge in [-0.3, -0.25) is 4.99 Å². The number of rotatable bonds is 3. The number of fused-ring (bicyclic) bond motifs is 1. The highest BCUT2D eigenvalue weighted by Gasteiger charge is 2.22. The molecule has 96 valence electrons. The molecule has 1 aliphatic rings. The smallest absolute Gasteiger partial charge is 0.123 e. The molecule has 1 atom stereocenters. The van der Waals surface area contributed by atoms with Crippen LogP contribution in [0, 0.1) is 0 Å². The third-order valence-corrected chi connectivity index (χ3v) is 3.43. The zero-order chi connectivity index (χ0) is 13.1. The van der Waals surface area contributed by atoms with E-state index in [0.29, 0.717) is 5.92 Å². The molecule has 3 rings (SSSR count). The van der Waals surface area contributed by atoms with Crippen molar-refractivity contribution in [2.45, 2.75) is 19.4 Å². The lowest BCUT2D eigenvalue weighted by Gasteiger charge is -2.05. The molecule has 0 aliphatic carbocycles. The Hall–Kier alpha value is -2.09. The van der Waals surface area contributed by atoms with E-state index in [-0.39, 0.29) is 0 Å². The van der Waals surface area contributed by atoms with E-state index in [0.717, 1.165) is 18.9 Å². The van der Waals surface area contributed by atoms with Crippen LogP contribution in [-0.2, 0) is 6.54 Å². The SMILES string of the molecule is C[C@H]1COc2cccc(C=NCc3ccccc3)c21. The summed E-state index contributed by atoms with van der Waals surface area (Å²) in [6.07, 6.45) is 1.97. The first kappa shape index (κ1) is 12.0. The Kier molecular flexibility index (Phi) is 3.32. The summed E-state index contributed by atoms with van der Waals surface area (Å²) in [6.45, 7) is 3.69. The maximum atomic E-state index is 5.65. The van der Waals surface area contributed by atoms with Gasteiger partial charge in [0.05, 0.1) is 13.2 Å². The van der Waals surface area contributed by atoms with Crippen molar-refractivity contribution in [1.82, 2.24) is 0 Å². The average Bonchev–Trinajstić information content (AvgIpc) is 2.83. The van der Waals surface area contributed by atoms with Crippen LogP contribution in [0.25, 0.3) is 0 Å². The molecular weight excluding hydrogens is 234 g/mol. The quantitative estimate of drug-likeness (QED) is 0.760. The first-order valence-corrected chi connectivity index (χ1v) is 6.64. The molecule has 0 saturated carbocycles. The van der Waals surface area contributed by atoms with Gasteiger partial charge in [-0.05, 0) is 17.2 Å². The molecule has 2 heteroatoms. The fraction of sp³-hybridized carbons (Fsp3) is 0.235. The van der Waals surface area contributed by atoms with E-state index in [1.807, 2.05) is 36.5 Å². The van der Waals surface area contributed by atoms with Gasteiger partial charge in [0.2, 0.25) is 0 Å². The third kappa shape index (κ3) is 2.53. The van der Waals surface area contributed by atoms with Crippen LogP contribution >= 0.6 is 0 Å². The van der Waals surface area contributed by atoms with Crippen LogP contribution < -0.4 is 4.74 Å². The minimum atomic E-state index is 0.453. The fourth-order valence-corrected chi connectivity index (χ4v) is 2.46. The first-order valence-electron chi connectivity index (χ1n) is 6.64. The molecule has 2 nitrogen and oxygen atoms in total. The van der Waals surface area contributed by atoms with Crippen molar-refractivity contribution in [2.75, 3.05) is 6.61 Å². The highest BCUT2D eigenvalue weighted by molar-refractivity contribution is 5.83. The van der Waals surface area contributed by atoms with E-state index in [2.05, 4.69) is 30.1 Å². The summed E-state index contributed by atoms with van der Waals surface area (Å²) in [5.74, 6) is 1.46. The lowest BCUT2D eigenvalue weighted by molar-refractivity contribution is 0.337. The monoisotopic (exact) mass is 251 g/mol. The van der Waals surface area contributed by atoms with Crippen LogP contribution in [0.15, 0.2) is 53.5 Å². The van der Waals surface area contributed by atoms with Crippen molar-refractivity contribution >= 4 is 6.21 Å². The molecule has 0 spiro atoms. The van der Waals surface area contributed by atoms with Crippen LogP contribution in [0.1, 0.15) is 29.5 Å². The van der Waals surface area contributed by atoms with Crippen LogP contribution in [0.4, 0.5) is 0 Å². The van der Waals surface area contributed by atoms with Crippen molar-refractivity contribution in [3.63, 3.8) is 0 Å². The predicted octanol–water partition coefficient (Wildman–Crippen LogP) is 3.80. The van der Waals surface area contributed by atoms with Crippen molar-refractivity contribution in [3.8, 4) is 5.75 Å². The summed E-state index contributed by atoms with van der Waals surface area (Å²) >= 11 is 0. The normalized spacial score (nSPS) is 17.4. The molecule has 2 aromatic rings. The lowest BCUT2D eigenvalue weighted by Crippen LogP contribution is -1.97. The Labute approximate surface area is 113 Å². The second kappa shape index (κ2) is 5.27. The number of hydrogen-bond donors (Lipinski definition) is 0. The Bertz CT molecular complexity index is 589. The Morgan fingerprint density at radius 1 is 1.16 bits per heavy atom. The minimum absolute atomic E-state index is 0.453. The molecule has 0 aromatic heterocycles. The zero-order valence-corrected chi connectivity index (χ0v) is 11.0. The van der Waals surface area contributed by atoms with Gasteiger partial charge in [0.25, 0.3) is 0 Å². The van der Waals surface area contributed by atoms with E-state index < -0.39 is 0 Å². The van der Waals surface area contributed by atoms with Crippen LogP contribution in [0.5, 0.6) is 5.75 Å². The summed E-state index contributed by atoms with van der Waals surface area (Å²) in [5.41, 5.74) is 3.70. The summed E-state index contributed by atoms with van der Waals surface area (Å²) < 4.78 is 5.65. The van der Waals surface area contributed by atoms with Gasteiger partial charge in [-0.1, -0.05) is 49.4 Å². The molecule has 0 unspecified atom stereocenters. The predicted molar refractivity (Wildman–Crippen MR) is 78.1 cm³/mol. The van der Waals surface area contributed by atoms with Gasteiger partial charge >= 0.3 is 0 Å². The molecule has 1 aliphatic heterocycles. The molecule has 0 fully saturated rings. The van der Waals surface area contributed by atoms with E-state index in [4.69, 9.17) is 4.74 Å². The van der Waals surface area contributed by atoms with E-state index in [9.17, 15) is 0 Å². The van der Waals surface area contributed by atoms with Crippen molar-refractivity contribution in [1.29, 1.82) is 0 Å². The van der Waals surface area contributed by atoms with Crippen LogP contribution in [0.2, 0.25) is 0 Å². The van der Waals surface area contributed by atoms with Crippen molar-refractivity contribution < 1.29 is 4.74 Å². The van der Waals surface area contributed by atoms with Gasteiger partial charge in [-0.15, -0.1) is 0 Å². The highest BCUT2D eigenvalue weighted by atomic mass is 16.5. The maximum absolute atomic E-state index is 5.65. The van der Waals surface area contributed by atoms with Gasteiger partial charge in [-0.25, -0.2) is 0 Å². The summed E-state index contributed by atoms with van der Waals surface area (Å²) in [7, 11) is 0. The fourth-order valence-electron chi connectivity index (χ4n) is 2.46. The Balaban J connectivity index is 1.79. The summed E-state index contributed by atoms with van der Waals surface area (Å²) in [4.78, 5) is 4.54. The van der Waals surface area contributed by atoms with Crippen molar-refractivity contribution in [2.24, 2.45) is 4.99 Å². The van der Waals surface area contributed by atoms with Gasteiger partial charge in [0, 0.05) is 17.7 Å². The lowest BCUT2D eigenvalue weighted by atomic mass is 9.98. The van der Waals surface area contributed by atoms with Gasteiger partial charge < -0.3 is 4.74 Å². The largest absolute Gasteiger partial charge is 0.493 e. The summed E-state index contributed by atoms with van der Waals surface area (Å²) in [6, 6.07) is 16.5. The number of benzene rings is 2. The van der Waals surface area contributed by atoms with E-state index >= 15 is 0 Å². The van der Waals surface area contributed by atoms with Crippen LogP contribution in [0.3, 0.4) is 0 Å². The summed E-state index contributed by atoms with van der Waals surface area (Å²) in [5, 5.41) is 0. The second-order valence-corrected chi connectivity index (χ2v) is 4.93. The topological polar surface area (TPSA) is 21.6 Å². The van der Waals surface area contributed by atoms with E-state index in [1.54, 1.807) is 0 Å². The molecule has 2 aromatic carbocycles. The molecule has 19 heavy (non-hydrogen) atoms. The molecule has 0 saturated heterocycles. The molecule has 0 amide bonds. The van der Waals surface area contributed by atoms with E-state index in [1.165, 1.54) is 16.7 Å². The number of aliphatic imine (C=N–C) groups is 1. The maximum Gasteiger partial charge on any atom is 0.123 e. The zero-order valence-electron chi connectivity index (χ0n) is 11.0. The minimum Gasteiger partial charge on any atom is -0.493 e. The van der Waals surface area contributed by atoms with Gasteiger partial charge in [0.1, 0.15) is 5.75 Å². The second-order valence-electron chi connectivity index (χ2n) is 4.93. The molecular formula is C17H17NO. The van der Waals surface area contributed by atoms with Gasteiger partial charge in [-0.2, -0.15) is 0 Å². The van der Waals surface area contributed by atoms with Crippen LogP contribution in [-0.4, -0.2) is 12.8 Å². The highest BCUT2D eigenvalue weighted by Crippen LogP contribution is 2.35. The molecule has 0 N–H and O–H groups in total. The first-order chi connectivity index (χ1) is 9.34. The third-order valence-electron chi connectivity index (χ3n) is 3.43. The number of hydrogen-bond acceptors (Lipinski definition) is 2. The Morgan fingerprint density at radius 2 is 2.00 bits per heavy atom. The standard InChI is InChI=1S/C17H17NO/c1-13-12-19-16-9-5-8-15(17(13)16)11-18-10-14-6-3-2-4-7-14/h2-9,11,13H,10,12H2,1H3/t13-/m0/s1. The van der Waals surface area contributed by atoms with Crippen molar-refractivity contribution in [3.05, 3.63) is 65.2 Å². The molecule has 0 bridgehead atoms. The number of ether oxygens (including phenoxy) is 1.